The van der Waals surface area contributed by atoms with E-state index in [-0.39, 0.29) is 0 Å². The Morgan fingerprint density at radius 3 is 2.35 bits per heavy atom. The largest absolute Gasteiger partial charge is 0.320 e. The van der Waals surface area contributed by atoms with Crippen LogP contribution in [0.1, 0.15) is 0 Å². The first-order valence-electron chi connectivity index (χ1n) is 4.24. The highest BCUT2D eigenvalue weighted by atomic mass is 35.7. The van der Waals surface area contributed by atoms with Crippen molar-refractivity contribution in [2.24, 2.45) is 18.0 Å². The van der Waals surface area contributed by atoms with Gasteiger partial charge in [0, 0.05) is 7.05 Å². The molecule has 0 amide bonds. The van der Waals surface area contributed by atoms with Gasteiger partial charge in [0.1, 0.15) is 0 Å². The number of aromatic nitrogens is 1. The molecule has 0 saturated carbocycles. The zero-order valence-electron chi connectivity index (χ0n) is 8.74. The van der Waals surface area contributed by atoms with Crippen molar-refractivity contribution in [2.45, 2.75) is 0 Å². The Hall–Kier alpha value is -1.16. The summed E-state index contributed by atoms with van der Waals surface area (Å²) >= 11 is 1.60. The molecule has 0 radical (unpaired) electrons. The molecule has 2 rings (SSSR count). The van der Waals surface area contributed by atoms with Gasteiger partial charge < -0.3 is 10.4 Å². The number of fused-ring (bicyclic) bond motifs is 1. The molecule has 0 fully saturated rings. The van der Waals surface area contributed by atoms with Crippen molar-refractivity contribution in [1.29, 1.82) is 0 Å². The Bertz CT molecular complexity index is 554. The number of thiazole rings is 1. The van der Waals surface area contributed by atoms with Gasteiger partial charge in [0.15, 0.2) is 0 Å². The second-order valence-electron chi connectivity index (χ2n) is 2.94. The fraction of sp³-hybridized carbons (Fsp3) is 0.125. The van der Waals surface area contributed by atoms with Gasteiger partial charge in [-0.25, -0.2) is 0 Å². The van der Waals surface area contributed by atoms with Crippen LogP contribution in [0.3, 0.4) is 0 Å². The van der Waals surface area contributed by atoms with E-state index in [1.165, 1.54) is 10.2 Å². The van der Waals surface area contributed by atoms with Crippen molar-refractivity contribution in [3.8, 4) is 0 Å². The molecule has 94 valence electrons. The predicted molar refractivity (Wildman–Crippen MR) is 52.8 cm³/mol. The molecule has 7 nitrogen and oxygen atoms in total. The maximum Gasteiger partial charge on any atom is 0.208 e. The van der Waals surface area contributed by atoms with Crippen LogP contribution in [0.2, 0.25) is 0 Å². The molecule has 0 spiro atoms. The molecule has 0 unspecified atom stereocenters. The number of rotatable bonds is 0. The third-order valence-electron chi connectivity index (χ3n) is 1.83. The van der Waals surface area contributed by atoms with Crippen molar-refractivity contribution < 1.29 is 28.9 Å². The number of halogens is 1. The van der Waals surface area contributed by atoms with Gasteiger partial charge in [0.2, 0.25) is 4.80 Å². The second kappa shape index (κ2) is 5.45. The highest BCUT2D eigenvalue weighted by molar-refractivity contribution is 7.16. The van der Waals surface area contributed by atoms with Gasteiger partial charge in [0.25, 0.3) is 0 Å². The quantitative estimate of drug-likeness (QED) is 0.389. The number of nitrogens with zero attached hydrogens (tertiary/aromatic N) is 2. The van der Waals surface area contributed by atoms with Crippen molar-refractivity contribution in [1.82, 2.24) is 4.57 Å². The van der Waals surface area contributed by atoms with Crippen LogP contribution in [0.15, 0.2) is 29.4 Å². The molecule has 17 heavy (non-hydrogen) atoms. The van der Waals surface area contributed by atoms with Crippen LogP contribution < -0.4 is 24.6 Å². The van der Waals surface area contributed by atoms with E-state index in [9.17, 15) is 0 Å². The fourth-order valence-corrected chi connectivity index (χ4v) is 2.14. The summed E-state index contributed by atoms with van der Waals surface area (Å²) in [5.74, 6) is 5.23. The van der Waals surface area contributed by atoms with Gasteiger partial charge in [-0.3, -0.25) is 0 Å². The molecule has 0 bridgehead atoms. The lowest BCUT2D eigenvalue weighted by Crippen LogP contribution is -2.58. The normalized spacial score (nSPS) is 12.4. The Labute approximate surface area is 102 Å². The summed E-state index contributed by atoms with van der Waals surface area (Å²) in [6.45, 7) is 0. The van der Waals surface area contributed by atoms with E-state index in [0.29, 0.717) is 0 Å². The molecule has 3 N–H and O–H groups in total. The van der Waals surface area contributed by atoms with E-state index in [0.717, 1.165) is 4.80 Å². The molecule has 0 atom stereocenters. The van der Waals surface area contributed by atoms with Crippen molar-refractivity contribution in [3.05, 3.63) is 29.1 Å². The molecule has 1 heterocycles. The van der Waals surface area contributed by atoms with Crippen LogP contribution in [0.25, 0.3) is 10.2 Å². The van der Waals surface area contributed by atoms with E-state index in [2.05, 4.69) is 17.2 Å². The number of hydrogen-bond donors (Lipinski definition) is 2. The van der Waals surface area contributed by atoms with Gasteiger partial charge in [-0.1, -0.05) is 23.5 Å². The van der Waals surface area contributed by atoms with E-state index in [4.69, 9.17) is 24.5 Å². The summed E-state index contributed by atoms with van der Waals surface area (Å²) in [7, 11) is -2.73. The summed E-state index contributed by atoms with van der Waals surface area (Å²) in [6, 6.07) is 8.14. The van der Waals surface area contributed by atoms with Crippen molar-refractivity contribution in [3.63, 3.8) is 0 Å². The van der Waals surface area contributed by atoms with E-state index in [1.807, 2.05) is 23.7 Å². The van der Waals surface area contributed by atoms with Gasteiger partial charge in [-0.05, 0) is 12.1 Å². The lowest BCUT2D eigenvalue weighted by Gasteiger charge is -2.03. The third-order valence-corrected chi connectivity index (χ3v) is 2.95. The molecule has 9 heteroatoms. The van der Waals surface area contributed by atoms with Crippen LogP contribution in [0, 0.1) is 10.2 Å². The fourth-order valence-electron chi connectivity index (χ4n) is 1.20. The lowest BCUT2D eigenvalue weighted by molar-refractivity contribution is -1.92. The first kappa shape index (κ1) is 13.9. The standard InChI is InChI=1S/C8H9N3S.ClHO4/c1-11-6-4-2-3-5-7(6)12-8(11)10-9;2-1(3,4)5/h2-5H,9H2,1H3;(H,2,3,4,5). The Kier molecular flexibility index (Phi) is 4.46. The molecular formula is C8H10ClN3O4S. The van der Waals surface area contributed by atoms with E-state index < -0.39 is 10.2 Å². The van der Waals surface area contributed by atoms with Crippen LogP contribution in [0.5, 0.6) is 0 Å². The summed E-state index contributed by atoms with van der Waals surface area (Å²) in [5, 5.41) is 3.69. The van der Waals surface area contributed by atoms with Crippen LogP contribution in [0.4, 0.5) is 0 Å². The second-order valence-corrected chi connectivity index (χ2v) is 4.74. The minimum absolute atomic E-state index is 0.844. The summed E-state index contributed by atoms with van der Waals surface area (Å²) in [5.41, 5.74) is 1.17. The number of benzene rings is 1. The SMILES string of the molecule is Cn1c(=NN)sc2ccccc21.[O-][Cl+3]([O-])([O-])O. The molecular weight excluding hydrogens is 270 g/mol. The highest BCUT2D eigenvalue weighted by Crippen LogP contribution is 2.14. The minimum Gasteiger partial charge on any atom is -0.320 e. The van der Waals surface area contributed by atoms with Crippen LogP contribution in [-0.4, -0.2) is 9.23 Å². The maximum atomic E-state index is 8.60. The number of hydrogen-bond acceptors (Lipinski definition) is 7. The Morgan fingerprint density at radius 2 is 1.88 bits per heavy atom. The average Bonchev–Trinajstić information content (AvgIpc) is 2.54. The summed E-state index contributed by atoms with van der Waals surface area (Å²) in [6.07, 6.45) is 0. The lowest BCUT2D eigenvalue weighted by atomic mass is 10.3. The molecule has 0 aliphatic carbocycles. The molecule has 2 aromatic rings. The third kappa shape index (κ3) is 4.30. The molecule has 1 aromatic heterocycles. The van der Waals surface area contributed by atoms with Gasteiger partial charge in [-0.2, -0.15) is 19.1 Å². The van der Waals surface area contributed by atoms with Gasteiger partial charge in [0.05, 0.1) is 25.1 Å². The number of aryl methyl sites for hydroxylation is 1. The summed E-state index contributed by atoms with van der Waals surface area (Å²) < 4.78 is 35.9. The maximum absolute atomic E-state index is 8.60. The van der Waals surface area contributed by atoms with Gasteiger partial charge >= 0.3 is 0 Å². The Balaban J connectivity index is 0.000000249. The van der Waals surface area contributed by atoms with Crippen molar-refractivity contribution >= 4 is 21.6 Å². The smallest absolute Gasteiger partial charge is 0.208 e. The van der Waals surface area contributed by atoms with E-state index >= 15 is 0 Å². The molecule has 0 aliphatic heterocycles. The zero-order chi connectivity index (χ0) is 13.1. The Morgan fingerprint density at radius 1 is 1.35 bits per heavy atom. The number of para-hydroxylation sites is 1. The molecule has 0 aliphatic rings. The van der Waals surface area contributed by atoms with Crippen LogP contribution in [-0.2, 0) is 7.05 Å². The predicted octanol–water partition coefficient (Wildman–Crippen LogP) is -3.11. The van der Waals surface area contributed by atoms with Crippen molar-refractivity contribution in [2.75, 3.05) is 0 Å². The van der Waals surface area contributed by atoms with E-state index in [1.54, 1.807) is 11.3 Å². The summed E-state index contributed by atoms with van der Waals surface area (Å²) in [4.78, 5) is 0.844. The monoisotopic (exact) mass is 279 g/mol. The topological polar surface area (TPSA) is 133 Å². The molecule has 0 saturated heterocycles. The molecule has 1 aromatic carbocycles. The number of nitrogens with two attached hydrogens (primary N) is 1. The zero-order valence-corrected chi connectivity index (χ0v) is 10.3. The average molecular weight is 280 g/mol. The first-order valence-corrected chi connectivity index (χ1v) is 6.32. The van der Waals surface area contributed by atoms with Crippen LogP contribution >= 0.6 is 11.3 Å². The van der Waals surface area contributed by atoms with Gasteiger partial charge in [-0.15, -0.1) is 0 Å². The highest BCUT2D eigenvalue weighted by Gasteiger charge is 1.99. The first-order chi connectivity index (χ1) is 7.83. The minimum atomic E-state index is -4.69.